The summed E-state index contributed by atoms with van der Waals surface area (Å²) in [7, 11) is 1.70. The van der Waals surface area contributed by atoms with E-state index in [-0.39, 0.29) is 41.0 Å². The van der Waals surface area contributed by atoms with Gasteiger partial charge in [0.1, 0.15) is 11.9 Å². The molecule has 0 radical (unpaired) electrons. The third-order valence-corrected chi connectivity index (χ3v) is 10.7. The van der Waals surface area contributed by atoms with Crippen LogP contribution in [0.4, 0.5) is 4.39 Å². The zero-order valence-corrected chi connectivity index (χ0v) is 28.9. The van der Waals surface area contributed by atoms with Crippen LogP contribution in [0.3, 0.4) is 0 Å². The fourth-order valence-electron chi connectivity index (χ4n) is 7.48. The van der Waals surface area contributed by atoms with Gasteiger partial charge in [-0.25, -0.2) is 4.39 Å². The maximum Gasteiger partial charge on any atom is 0.252 e. The first-order chi connectivity index (χ1) is 23.4. The van der Waals surface area contributed by atoms with Crippen LogP contribution in [0.15, 0.2) is 103 Å². The Kier molecular flexibility index (Phi) is 9.47. The summed E-state index contributed by atoms with van der Waals surface area (Å²) in [5.41, 5.74) is 4.38. The number of fused-ring (bicyclic) bond motifs is 3. The Balaban J connectivity index is 1.14. The molecule has 6 nitrogen and oxygen atoms in total. The number of rotatable bonds is 9. The molecule has 3 amide bonds. The summed E-state index contributed by atoms with van der Waals surface area (Å²) in [4.78, 5) is 43.4. The van der Waals surface area contributed by atoms with Crippen LogP contribution in [0.25, 0.3) is 11.1 Å². The van der Waals surface area contributed by atoms with Gasteiger partial charge in [-0.05, 0) is 90.0 Å². The fourth-order valence-corrected chi connectivity index (χ4v) is 7.48. The van der Waals surface area contributed by atoms with E-state index in [9.17, 15) is 18.8 Å². The number of amides is 3. The molecule has 0 saturated heterocycles. The molecular weight excluding hydrogens is 613 g/mol. The van der Waals surface area contributed by atoms with Crippen LogP contribution in [-0.4, -0.2) is 35.2 Å². The van der Waals surface area contributed by atoms with Gasteiger partial charge in [0.05, 0.1) is 0 Å². The molecule has 3 fully saturated rings. The van der Waals surface area contributed by atoms with Crippen molar-refractivity contribution in [3.63, 3.8) is 0 Å². The van der Waals surface area contributed by atoms with Crippen LogP contribution in [0, 0.1) is 11.2 Å². The van der Waals surface area contributed by atoms with Crippen molar-refractivity contribution in [1.29, 1.82) is 0 Å². The van der Waals surface area contributed by atoms with E-state index in [4.69, 9.17) is 0 Å². The van der Waals surface area contributed by atoms with Gasteiger partial charge in [0, 0.05) is 30.1 Å². The molecule has 3 aliphatic carbocycles. The zero-order valence-electron chi connectivity index (χ0n) is 28.9. The summed E-state index contributed by atoms with van der Waals surface area (Å²) in [5, 5.41) is 6.55. The van der Waals surface area contributed by atoms with Crippen LogP contribution in [-0.2, 0) is 21.5 Å². The highest BCUT2D eigenvalue weighted by atomic mass is 19.1. The van der Waals surface area contributed by atoms with Crippen molar-refractivity contribution in [2.24, 2.45) is 5.41 Å². The number of carbonyl (C=O) groups excluding carboxylic acids is 3. The van der Waals surface area contributed by atoms with Gasteiger partial charge >= 0.3 is 0 Å². The van der Waals surface area contributed by atoms with Crippen LogP contribution in [0.5, 0.6) is 0 Å². The van der Waals surface area contributed by atoms with Gasteiger partial charge in [0.25, 0.3) is 5.91 Å². The van der Waals surface area contributed by atoms with Gasteiger partial charge < -0.3 is 15.5 Å². The number of benzene rings is 4. The largest absolute Gasteiger partial charge is 0.347 e. The minimum absolute atomic E-state index is 0.0438. The fraction of sp³-hybridized carbons (Fsp3) is 0.357. The monoisotopic (exact) mass is 659 g/mol. The molecule has 1 atom stereocenters. The molecule has 7 heteroatoms. The molecule has 1 unspecified atom stereocenters. The normalized spacial score (nSPS) is 20.7. The third-order valence-electron chi connectivity index (χ3n) is 10.7. The quantitative estimate of drug-likeness (QED) is 0.191. The van der Waals surface area contributed by atoms with E-state index in [0.29, 0.717) is 49.7 Å². The summed E-state index contributed by atoms with van der Waals surface area (Å²) in [5.74, 6) is -0.774. The minimum atomic E-state index is -0.851. The molecule has 2 bridgehead atoms. The van der Waals surface area contributed by atoms with E-state index < -0.39 is 11.5 Å². The van der Waals surface area contributed by atoms with Gasteiger partial charge in [-0.2, -0.15) is 0 Å². The summed E-state index contributed by atoms with van der Waals surface area (Å²) in [6.45, 7) is 6.85. The Hall–Kier alpha value is -4.78. The van der Waals surface area contributed by atoms with E-state index in [0.717, 1.165) is 16.7 Å². The van der Waals surface area contributed by atoms with Crippen LogP contribution in [0.1, 0.15) is 92.4 Å². The van der Waals surface area contributed by atoms with Crippen molar-refractivity contribution in [2.45, 2.75) is 82.8 Å². The first kappa shape index (κ1) is 34.1. The number of halogens is 1. The maximum atomic E-state index is 14.1. The molecule has 0 aliphatic heterocycles. The van der Waals surface area contributed by atoms with Gasteiger partial charge in [-0.15, -0.1) is 0 Å². The standard InChI is InChI=1S/C42H46FN3O3/c1-40(2,3)32-18-16-30(17-19-32)34-12-8-9-13-35(34)37(47)45-42-25-22-41(23-26-42,24-27-42)39(49)44-36(31-10-6-5-7-11-31)38(48)46(4)28-29-14-20-33(43)21-15-29/h5-21,36H,22-28H2,1-4H3,(H,44,49)(H,45,47). The molecule has 7 rings (SSSR count). The average molecular weight is 660 g/mol. The lowest BCUT2D eigenvalue weighted by Crippen LogP contribution is -2.60. The second kappa shape index (κ2) is 13.6. The van der Waals surface area contributed by atoms with E-state index in [1.807, 2.05) is 54.6 Å². The van der Waals surface area contributed by atoms with E-state index in [2.05, 4.69) is 55.7 Å². The zero-order chi connectivity index (χ0) is 34.8. The van der Waals surface area contributed by atoms with Crippen LogP contribution < -0.4 is 10.6 Å². The van der Waals surface area contributed by atoms with Crippen LogP contribution >= 0.6 is 0 Å². The van der Waals surface area contributed by atoms with Crippen molar-refractivity contribution in [3.8, 4) is 11.1 Å². The second-order valence-electron chi connectivity index (χ2n) is 15.0. The lowest BCUT2D eigenvalue weighted by Gasteiger charge is -2.52. The molecule has 49 heavy (non-hydrogen) atoms. The molecular formula is C42H46FN3O3. The molecule has 4 aromatic carbocycles. The highest BCUT2D eigenvalue weighted by Crippen LogP contribution is 2.53. The van der Waals surface area contributed by atoms with Crippen molar-refractivity contribution in [2.75, 3.05) is 7.05 Å². The first-order valence-corrected chi connectivity index (χ1v) is 17.3. The topological polar surface area (TPSA) is 78.5 Å². The number of nitrogens with zero attached hydrogens (tertiary/aromatic N) is 1. The van der Waals surface area contributed by atoms with Gasteiger partial charge in [-0.3, -0.25) is 14.4 Å². The van der Waals surface area contributed by atoms with Crippen molar-refractivity contribution in [3.05, 3.63) is 131 Å². The first-order valence-electron chi connectivity index (χ1n) is 17.3. The van der Waals surface area contributed by atoms with Crippen LogP contribution in [0.2, 0.25) is 0 Å². The Bertz CT molecular complexity index is 1790. The average Bonchev–Trinajstić information content (AvgIpc) is 3.12. The molecule has 3 aliphatic rings. The Morgan fingerprint density at radius 1 is 0.776 bits per heavy atom. The van der Waals surface area contributed by atoms with Crippen molar-refractivity contribution >= 4 is 17.7 Å². The highest BCUT2D eigenvalue weighted by Gasteiger charge is 2.53. The van der Waals surface area contributed by atoms with Crippen molar-refractivity contribution in [1.82, 2.24) is 15.5 Å². The molecule has 0 heterocycles. The number of nitrogens with one attached hydrogen (secondary N) is 2. The predicted molar refractivity (Wildman–Crippen MR) is 191 cm³/mol. The molecule has 0 aromatic heterocycles. The molecule has 254 valence electrons. The molecule has 3 saturated carbocycles. The summed E-state index contributed by atoms with van der Waals surface area (Å²) >= 11 is 0. The Morgan fingerprint density at radius 3 is 1.98 bits per heavy atom. The Morgan fingerprint density at radius 2 is 1.37 bits per heavy atom. The van der Waals surface area contributed by atoms with E-state index in [1.54, 1.807) is 24.1 Å². The van der Waals surface area contributed by atoms with Gasteiger partial charge in [0.2, 0.25) is 11.8 Å². The Labute approximate surface area is 289 Å². The predicted octanol–water partition coefficient (Wildman–Crippen LogP) is 8.13. The van der Waals surface area contributed by atoms with E-state index in [1.165, 1.54) is 17.7 Å². The van der Waals surface area contributed by atoms with Gasteiger partial charge in [-0.1, -0.05) is 106 Å². The van der Waals surface area contributed by atoms with Gasteiger partial charge in [0.15, 0.2) is 0 Å². The SMILES string of the molecule is CN(Cc1ccc(F)cc1)C(=O)C(NC(=O)C12CCC(NC(=O)c3ccccc3-c3ccc(C(C)(C)C)cc3)(CC1)CC2)c1ccccc1. The molecule has 4 aromatic rings. The molecule has 0 spiro atoms. The summed E-state index contributed by atoms with van der Waals surface area (Å²) < 4.78 is 13.5. The lowest BCUT2D eigenvalue weighted by molar-refractivity contribution is -0.143. The molecule has 2 N–H and O–H groups in total. The smallest absolute Gasteiger partial charge is 0.252 e. The maximum absolute atomic E-state index is 14.1. The minimum Gasteiger partial charge on any atom is -0.347 e. The van der Waals surface area contributed by atoms with Crippen molar-refractivity contribution < 1.29 is 18.8 Å². The third kappa shape index (κ3) is 7.31. The summed E-state index contributed by atoms with van der Waals surface area (Å²) in [6.07, 6.45) is 4.00. The second-order valence-corrected chi connectivity index (χ2v) is 15.0. The summed E-state index contributed by atoms with van der Waals surface area (Å²) in [6, 6.07) is 30.7. The number of hydrogen-bond donors (Lipinski definition) is 2. The highest BCUT2D eigenvalue weighted by molar-refractivity contribution is 6.01. The number of carbonyl (C=O) groups is 3. The van der Waals surface area contributed by atoms with E-state index >= 15 is 0 Å². The number of hydrogen-bond acceptors (Lipinski definition) is 3. The number of likely N-dealkylation sites (N-methyl/N-ethyl adjacent to an activating group) is 1. The lowest BCUT2D eigenvalue weighted by atomic mass is 9.56.